The molecule has 0 aliphatic heterocycles. The Bertz CT molecular complexity index is 482. The summed E-state index contributed by atoms with van der Waals surface area (Å²) in [5.41, 5.74) is 3.59. The van der Waals surface area contributed by atoms with Gasteiger partial charge in [-0.2, -0.15) is 0 Å². The van der Waals surface area contributed by atoms with Crippen LogP contribution in [-0.4, -0.2) is 9.90 Å². The molecular weight excluding hydrogens is 238 g/mol. The first-order valence-electron chi connectivity index (χ1n) is 4.51. The number of rotatable bonds is 2. The molecule has 0 spiro atoms. The molecule has 0 unspecified atom stereocenters. The minimum absolute atomic E-state index is 0.825. The molecule has 2 heteroatoms. The van der Waals surface area contributed by atoms with Gasteiger partial charge in [-0.25, -0.2) is 0 Å². The average molecular weight is 250 g/mol. The molecule has 0 aliphatic rings. The number of nitrogens with zero attached hydrogens (tertiary/aromatic N) is 1. The Morgan fingerprint density at radius 2 is 2.21 bits per heavy atom. The summed E-state index contributed by atoms with van der Waals surface area (Å²) in [5, 5.41) is 2.10. The fraction of sp³-hybridized carbons (Fsp3) is 0.167. The van der Waals surface area contributed by atoms with Crippen molar-refractivity contribution < 1.29 is 0 Å². The monoisotopic (exact) mass is 249 g/mol. The zero-order chi connectivity index (χ0) is 10.1. The summed E-state index contributed by atoms with van der Waals surface area (Å²) in [5.74, 6) is 0. The van der Waals surface area contributed by atoms with Gasteiger partial charge < -0.3 is 4.57 Å². The minimum Gasteiger partial charge on any atom is -0.351 e. The summed E-state index contributed by atoms with van der Waals surface area (Å²) >= 11 is 3.42. The molecule has 1 aromatic carbocycles. The quantitative estimate of drug-likeness (QED) is 0.718. The van der Waals surface area contributed by atoms with Gasteiger partial charge in [0.05, 0.1) is 0 Å². The third kappa shape index (κ3) is 1.50. The van der Waals surface area contributed by atoms with Crippen LogP contribution in [-0.2, 0) is 7.05 Å². The van der Waals surface area contributed by atoms with Crippen molar-refractivity contribution in [1.29, 1.82) is 0 Å². The minimum atomic E-state index is 0.825. The molecule has 14 heavy (non-hydrogen) atoms. The molecule has 1 nitrogen and oxygen atoms in total. The van der Waals surface area contributed by atoms with Gasteiger partial charge >= 0.3 is 0 Å². The van der Waals surface area contributed by atoms with Crippen LogP contribution < -0.4 is 0 Å². The highest BCUT2D eigenvalue weighted by molar-refractivity contribution is 9.09. The molecule has 0 bridgehead atoms. The predicted molar refractivity (Wildman–Crippen MR) is 65.7 cm³/mol. The van der Waals surface area contributed by atoms with Gasteiger partial charge in [0.15, 0.2) is 0 Å². The second kappa shape index (κ2) is 3.62. The number of fused-ring (bicyclic) bond motifs is 1. The molecule has 0 saturated heterocycles. The first-order chi connectivity index (χ1) is 6.72. The summed E-state index contributed by atoms with van der Waals surface area (Å²) in [6, 6.07) is 8.56. The van der Waals surface area contributed by atoms with Crippen molar-refractivity contribution in [3.63, 3.8) is 0 Å². The second-order valence-electron chi connectivity index (χ2n) is 3.44. The predicted octanol–water partition coefficient (Wildman–Crippen LogP) is 3.59. The lowest BCUT2D eigenvalue weighted by atomic mass is 10.1. The highest BCUT2D eigenvalue weighted by atomic mass is 79.9. The number of aryl methyl sites for hydroxylation is 1. The molecule has 2 aromatic rings. The van der Waals surface area contributed by atoms with Crippen molar-refractivity contribution in [3.8, 4) is 0 Å². The Hall–Kier alpha value is -1.02. The Kier molecular flexibility index (Phi) is 2.46. The summed E-state index contributed by atoms with van der Waals surface area (Å²) in [7, 11) is 2.06. The first kappa shape index (κ1) is 9.53. The molecule has 0 N–H and O–H groups in total. The number of hydrogen-bond donors (Lipinski definition) is 0. The zero-order valence-corrected chi connectivity index (χ0v) is 9.71. The third-order valence-electron chi connectivity index (χ3n) is 2.45. The molecule has 72 valence electrons. The largest absolute Gasteiger partial charge is 0.351 e. The van der Waals surface area contributed by atoms with E-state index in [1.165, 1.54) is 16.5 Å². The van der Waals surface area contributed by atoms with Crippen molar-refractivity contribution in [1.82, 2.24) is 4.57 Å². The lowest BCUT2D eigenvalue weighted by molar-refractivity contribution is 0.969. The van der Waals surface area contributed by atoms with Crippen molar-refractivity contribution in [2.45, 2.75) is 0 Å². The van der Waals surface area contributed by atoms with E-state index in [2.05, 4.69) is 64.6 Å². The van der Waals surface area contributed by atoms with Gasteiger partial charge in [-0.15, -0.1) is 0 Å². The molecule has 0 amide bonds. The smallest absolute Gasteiger partial charge is 0.0478 e. The SMILES string of the molecule is C=C(CBr)c1ccc2c(ccn2C)c1. The molecule has 1 heterocycles. The number of hydrogen-bond acceptors (Lipinski definition) is 0. The van der Waals surface area contributed by atoms with Gasteiger partial charge in [-0.05, 0) is 29.3 Å². The van der Waals surface area contributed by atoms with E-state index in [0.29, 0.717) is 0 Å². The first-order valence-corrected chi connectivity index (χ1v) is 5.63. The number of aromatic nitrogens is 1. The lowest BCUT2D eigenvalue weighted by Crippen LogP contribution is -1.86. The zero-order valence-electron chi connectivity index (χ0n) is 8.13. The van der Waals surface area contributed by atoms with Crippen LogP contribution in [0.25, 0.3) is 16.5 Å². The Morgan fingerprint density at radius 3 is 2.93 bits per heavy atom. The number of halogens is 1. The normalized spacial score (nSPS) is 10.7. The highest BCUT2D eigenvalue weighted by Crippen LogP contribution is 2.21. The number of allylic oxidation sites excluding steroid dienone is 1. The van der Waals surface area contributed by atoms with Crippen molar-refractivity contribution >= 4 is 32.4 Å². The maximum Gasteiger partial charge on any atom is 0.0478 e. The summed E-state index contributed by atoms with van der Waals surface area (Å²) < 4.78 is 2.12. The van der Waals surface area contributed by atoms with E-state index in [9.17, 15) is 0 Å². The second-order valence-corrected chi connectivity index (χ2v) is 4.00. The van der Waals surface area contributed by atoms with E-state index in [1.54, 1.807) is 0 Å². The summed E-state index contributed by atoms with van der Waals surface area (Å²) in [6.45, 7) is 4.00. The van der Waals surface area contributed by atoms with Crippen molar-refractivity contribution in [2.24, 2.45) is 7.05 Å². The lowest BCUT2D eigenvalue weighted by Gasteiger charge is -2.02. The van der Waals surface area contributed by atoms with Crippen molar-refractivity contribution in [2.75, 3.05) is 5.33 Å². The number of alkyl halides is 1. The molecule has 0 aliphatic carbocycles. The fourth-order valence-electron chi connectivity index (χ4n) is 1.58. The molecule has 0 atom stereocenters. The molecule has 0 radical (unpaired) electrons. The van der Waals surface area contributed by atoms with Gasteiger partial charge in [0.25, 0.3) is 0 Å². The summed E-state index contributed by atoms with van der Waals surface area (Å²) in [6.07, 6.45) is 2.07. The fourth-order valence-corrected chi connectivity index (χ4v) is 1.90. The van der Waals surface area contributed by atoms with Crippen LogP contribution in [0.15, 0.2) is 37.0 Å². The van der Waals surface area contributed by atoms with Crippen molar-refractivity contribution in [3.05, 3.63) is 42.6 Å². The molecule has 0 fully saturated rings. The Labute approximate surface area is 92.2 Å². The van der Waals surface area contributed by atoms with Gasteiger partial charge in [0.2, 0.25) is 0 Å². The molecule has 0 saturated carbocycles. The topological polar surface area (TPSA) is 4.93 Å². The molecule has 2 rings (SSSR count). The average Bonchev–Trinajstić information content (AvgIpc) is 2.59. The van der Waals surface area contributed by atoms with E-state index in [-0.39, 0.29) is 0 Å². The van der Waals surface area contributed by atoms with Crippen LogP contribution in [0.2, 0.25) is 0 Å². The van der Waals surface area contributed by atoms with E-state index >= 15 is 0 Å². The van der Waals surface area contributed by atoms with Crippen LogP contribution in [0.3, 0.4) is 0 Å². The van der Waals surface area contributed by atoms with E-state index < -0.39 is 0 Å². The van der Waals surface area contributed by atoms with Gasteiger partial charge in [-0.3, -0.25) is 0 Å². The standard InChI is InChI=1S/C12H12BrN/c1-9(8-13)10-3-4-12-11(7-10)5-6-14(12)2/h3-7H,1,8H2,2H3. The Morgan fingerprint density at radius 1 is 1.43 bits per heavy atom. The Balaban J connectivity index is 2.57. The van der Waals surface area contributed by atoms with Crippen LogP contribution in [0, 0.1) is 0 Å². The van der Waals surface area contributed by atoms with Crippen LogP contribution in [0.4, 0.5) is 0 Å². The maximum atomic E-state index is 4.00. The van der Waals surface area contributed by atoms with E-state index in [1.807, 2.05) is 0 Å². The van der Waals surface area contributed by atoms with Gasteiger partial charge in [0.1, 0.15) is 0 Å². The maximum absolute atomic E-state index is 4.00. The molecule has 1 aromatic heterocycles. The van der Waals surface area contributed by atoms with Gasteiger partial charge in [0, 0.05) is 29.5 Å². The van der Waals surface area contributed by atoms with Crippen LogP contribution in [0.5, 0.6) is 0 Å². The number of benzene rings is 1. The van der Waals surface area contributed by atoms with E-state index in [0.717, 1.165) is 10.9 Å². The van der Waals surface area contributed by atoms with Gasteiger partial charge in [-0.1, -0.05) is 28.6 Å². The van der Waals surface area contributed by atoms with Crippen LogP contribution >= 0.6 is 15.9 Å². The third-order valence-corrected chi connectivity index (χ3v) is 3.13. The van der Waals surface area contributed by atoms with Crippen LogP contribution in [0.1, 0.15) is 5.56 Å². The van der Waals surface area contributed by atoms with E-state index in [4.69, 9.17) is 0 Å². The summed E-state index contributed by atoms with van der Waals surface area (Å²) in [4.78, 5) is 0. The molecular formula is C12H12BrN. The highest BCUT2D eigenvalue weighted by Gasteiger charge is 2.01.